The molecule has 0 radical (unpaired) electrons. The third-order valence-electron chi connectivity index (χ3n) is 3.87. The smallest absolute Gasteiger partial charge is 0.226 e. The van der Waals surface area contributed by atoms with Gasteiger partial charge in [-0.1, -0.05) is 6.07 Å². The van der Waals surface area contributed by atoms with Crippen molar-refractivity contribution >= 4 is 22.8 Å². The van der Waals surface area contributed by atoms with E-state index in [1.165, 1.54) is 28.4 Å². The summed E-state index contributed by atoms with van der Waals surface area (Å²) >= 11 is 1.51. The zero-order valence-electron chi connectivity index (χ0n) is 11.7. The highest BCUT2D eigenvalue weighted by atomic mass is 32.1. The normalized spacial score (nSPS) is 16.1. The van der Waals surface area contributed by atoms with Crippen molar-refractivity contribution in [3.63, 3.8) is 0 Å². The number of piperazine rings is 1. The Kier molecular flexibility index (Phi) is 4.31. The van der Waals surface area contributed by atoms with Crippen LogP contribution in [0.4, 0.5) is 10.1 Å². The Morgan fingerprint density at radius 2 is 1.90 bits per heavy atom. The Hall–Kier alpha value is -1.72. The standard InChI is InChI=1S/C16H17FN2OS/c17-13-3-5-14(6-4-13)19-9-7-18(8-10-19)12-15(20)16-2-1-11-21-16/h1-6,11H,7-10,12H2/p+1. The van der Waals surface area contributed by atoms with Crippen molar-refractivity contribution in [2.45, 2.75) is 0 Å². The molecule has 3 rings (SSSR count). The quantitative estimate of drug-likeness (QED) is 0.866. The third-order valence-corrected chi connectivity index (χ3v) is 4.78. The second-order valence-corrected chi connectivity index (χ2v) is 6.24. The fourth-order valence-corrected chi connectivity index (χ4v) is 3.33. The molecule has 0 saturated carbocycles. The van der Waals surface area contributed by atoms with Gasteiger partial charge in [0.2, 0.25) is 5.78 Å². The molecule has 1 aromatic carbocycles. The summed E-state index contributed by atoms with van der Waals surface area (Å²) in [6.45, 7) is 4.25. The van der Waals surface area contributed by atoms with Crippen LogP contribution in [0, 0.1) is 5.82 Å². The van der Waals surface area contributed by atoms with Crippen LogP contribution in [0.5, 0.6) is 0 Å². The zero-order valence-corrected chi connectivity index (χ0v) is 12.5. The number of hydrogen-bond acceptors (Lipinski definition) is 3. The van der Waals surface area contributed by atoms with E-state index in [1.807, 2.05) is 29.6 Å². The lowest BCUT2D eigenvalue weighted by Gasteiger charge is -2.33. The molecule has 0 bridgehead atoms. The maximum absolute atomic E-state index is 12.9. The van der Waals surface area contributed by atoms with Gasteiger partial charge < -0.3 is 9.80 Å². The molecule has 110 valence electrons. The molecule has 2 aromatic rings. The van der Waals surface area contributed by atoms with E-state index in [-0.39, 0.29) is 11.6 Å². The lowest BCUT2D eigenvalue weighted by Crippen LogP contribution is -3.15. The molecule has 21 heavy (non-hydrogen) atoms. The maximum atomic E-state index is 12.9. The Balaban J connectivity index is 1.53. The van der Waals surface area contributed by atoms with Gasteiger partial charge >= 0.3 is 0 Å². The van der Waals surface area contributed by atoms with E-state index in [9.17, 15) is 9.18 Å². The van der Waals surface area contributed by atoms with E-state index in [0.29, 0.717) is 6.54 Å². The van der Waals surface area contributed by atoms with E-state index in [0.717, 1.165) is 36.7 Å². The summed E-state index contributed by atoms with van der Waals surface area (Å²) < 4.78 is 12.9. The highest BCUT2D eigenvalue weighted by molar-refractivity contribution is 7.12. The van der Waals surface area contributed by atoms with Crippen LogP contribution in [-0.2, 0) is 0 Å². The first-order valence-corrected chi connectivity index (χ1v) is 8.01. The summed E-state index contributed by atoms with van der Waals surface area (Å²) in [5.41, 5.74) is 1.06. The van der Waals surface area contributed by atoms with Crippen LogP contribution in [0.15, 0.2) is 41.8 Å². The molecule has 1 aromatic heterocycles. The lowest BCUT2D eigenvalue weighted by atomic mass is 10.2. The van der Waals surface area contributed by atoms with Crippen LogP contribution < -0.4 is 9.80 Å². The van der Waals surface area contributed by atoms with Crippen LogP contribution in [0.3, 0.4) is 0 Å². The van der Waals surface area contributed by atoms with E-state index in [1.54, 1.807) is 0 Å². The highest BCUT2D eigenvalue weighted by Crippen LogP contribution is 2.14. The summed E-state index contributed by atoms with van der Waals surface area (Å²) in [6.07, 6.45) is 0. The molecule has 3 nitrogen and oxygen atoms in total. The topological polar surface area (TPSA) is 24.8 Å². The fourth-order valence-electron chi connectivity index (χ4n) is 2.66. The lowest BCUT2D eigenvalue weighted by molar-refractivity contribution is -0.891. The van der Waals surface area contributed by atoms with Crippen LogP contribution in [0.25, 0.3) is 0 Å². The minimum absolute atomic E-state index is 0.204. The number of nitrogens with one attached hydrogen (secondary N) is 1. The maximum Gasteiger partial charge on any atom is 0.226 e. The number of ketones is 1. The molecular weight excluding hydrogens is 287 g/mol. The monoisotopic (exact) mass is 305 g/mol. The highest BCUT2D eigenvalue weighted by Gasteiger charge is 2.23. The van der Waals surface area contributed by atoms with Crippen molar-refractivity contribution < 1.29 is 14.1 Å². The predicted molar refractivity (Wildman–Crippen MR) is 82.8 cm³/mol. The van der Waals surface area contributed by atoms with E-state index in [2.05, 4.69) is 4.90 Å². The van der Waals surface area contributed by atoms with Gasteiger partial charge in [0, 0.05) is 5.69 Å². The van der Waals surface area contributed by atoms with Gasteiger partial charge in [0.15, 0.2) is 0 Å². The van der Waals surface area contributed by atoms with Gasteiger partial charge in [0.05, 0.1) is 31.1 Å². The second kappa shape index (κ2) is 6.37. The first-order chi connectivity index (χ1) is 10.2. The van der Waals surface area contributed by atoms with Gasteiger partial charge in [-0.05, 0) is 35.7 Å². The van der Waals surface area contributed by atoms with Gasteiger partial charge in [0.1, 0.15) is 12.4 Å². The number of carbonyl (C=O) groups is 1. The molecule has 0 aliphatic carbocycles. The summed E-state index contributed by atoms with van der Waals surface area (Å²) in [5, 5.41) is 1.94. The number of hydrogen-bond donors (Lipinski definition) is 1. The average Bonchev–Trinajstić information content (AvgIpc) is 3.03. The molecule has 1 aliphatic heterocycles. The number of quaternary nitrogens is 1. The number of Topliss-reactive ketones (excluding diaryl/α,β-unsaturated/α-hetero) is 1. The molecule has 0 atom stereocenters. The molecule has 2 heterocycles. The minimum atomic E-state index is -0.204. The summed E-state index contributed by atoms with van der Waals surface area (Å²) in [7, 11) is 0. The number of rotatable bonds is 4. The van der Waals surface area contributed by atoms with Crippen molar-refractivity contribution in [3.05, 3.63) is 52.5 Å². The molecule has 5 heteroatoms. The van der Waals surface area contributed by atoms with E-state index in [4.69, 9.17) is 0 Å². The number of halogens is 1. The number of thiophene rings is 1. The van der Waals surface area contributed by atoms with Crippen molar-refractivity contribution in [2.24, 2.45) is 0 Å². The van der Waals surface area contributed by atoms with Gasteiger partial charge in [0.25, 0.3) is 0 Å². The number of benzene rings is 1. The minimum Gasteiger partial charge on any atom is -0.360 e. The Bertz CT molecular complexity index is 589. The molecule has 1 fully saturated rings. The van der Waals surface area contributed by atoms with Crippen LogP contribution in [0.2, 0.25) is 0 Å². The summed E-state index contributed by atoms with van der Waals surface area (Å²) in [5.74, 6) is 0.0276. The molecule has 1 N–H and O–H groups in total. The van der Waals surface area contributed by atoms with Crippen LogP contribution >= 0.6 is 11.3 Å². The first kappa shape index (κ1) is 14.2. The molecule has 0 spiro atoms. The van der Waals surface area contributed by atoms with Gasteiger partial charge in [-0.2, -0.15) is 0 Å². The SMILES string of the molecule is O=C(C[NH+]1CCN(c2ccc(F)cc2)CC1)c1cccs1. The number of anilines is 1. The molecule has 0 amide bonds. The van der Waals surface area contributed by atoms with Crippen LogP contribution in [-0.4, -0.2) is 38.5 Å². The first-order valence-electron chi connectivity index (χ1n) is 7.13. The molecule has 1 aliphatic rings. The predicted octanol–water partition coefficient (Wildman–Crippen LogP) is 1.47. The molecular formula is C16H18FN2OS+. The molecule has 0 unspecified atom stereocenters. The zero-order chi connectivity index (χ0) is 14.7. The average molecular weight is 305 g/mol. The van der Waals surface area contributed by atoms with Crippen molar-refractivity contribution in [2.75, 3.05) is 37.6 Å². The molecule has 1 saturated heterocycles. The van der Waals surface area contributed by atoms with Crippen molar-refractivity contribution in [3.8, 4) is 0 Å². The van der Waals surface area contributed by atoms with Crippen molar-refractivity contribution in [1.29, 1.82) is 0 Å². The fraction of sp³-hybridized carbons (Fsp3) is 0.312. The number of carbonyl (C=O) groups excluding carboxylic acids is 1. The number of nitrogens with zero attached hydrogens (tertiary/aromatic N) is 1. The van der Waals surface area contributed by atoms with Crippen LogP contribution in [0.1, 0.15) is 9.67 Å². The van der Waals surface area contributed by atoms with Gasteiger partial charge in [-0.25, -0.2) is 4.39 Å². The van der Waals surface area contributed by atoms with E-state index < -0.39 is 0 Å². The Labute approximate surface area is 127 Å². The van der Waals surface area contributed by atoms with Gasteiger partial charge in [-0.15, -0.1) is 11.3 Å². The Morgan fingerprint density at radius 3 is 2.52 bits per heavy atom. The third kappa shape index (κ3) is 3.49. The summed E-state index contributed by atoms with van der Waals surface area (Å²) in [6, 6.07) is 10.4. The second-order valence-electron chi connectivity index (χ2n) is 5.29. The summed E-state index contributed by atoms with van der Waals surface area (Å²) in [4.78, 5) is 16.5. The van der Waals surface area contributed by atoms with E-state index >= 15 is 0 Å². The Morgan fingerprint density at radius 1 is 1.19 bits per heavy atom. The van der Waals surface area contributed by atoms with Crippen molar-refractivity contribution in [1.82, 2.24) is 0 Å². The largest absolute Gasteiger partial charge is 0.360 e. The van der Waals surface area contributed by atoms with Gasteiger partial charge in [-0.3, -0.25) is 4.79 Å².